The molecule has 2 heteroatoms. The highest BCUT2D eigenvalue weighted by atomic mass is 16.6. The van der Waals surface area contributed by atoms with Crippen LogP contribution in [-0.4, -0.2) is 23.4 Å². The van der Waals surface area contributed by atoms with Gasteiger partial charge in [0, 0.05) is 6.61 Å². The fourth-order valence-corrected chi connectivity index (χ4v) is 1.56. The summed E-state index contributed by atoms with van der Waals surface area (Å²) < 4.78 is 5.48. The smallest absolute Gasteiger partial charge is 0.0944 e. The zero-order valence-electron chi connectivity index (χ0n) is 6.76. The van der Waals surface area contributed by atoms with Gasteiger partial charge in [-0.05, 0) is 19.3 Å². The highest BCUT2D eigenvalue weighted by molar-refractivity contribution is 5.00. The molecular weight excluding hydrogens is 128 g/mol. The normalized spacial score (nSPS) is 28.5. The quantitative estimate of drug-likeness (QED) is 0.604. The van der Waals surface area contributed by atoms with Crippen LogP contribution >= 0.6 is 0 Å². The summed E-state index contributed by atoms with van der Waals surface area (Å²) in [6, 6.07) is 0. The standard InChI is InChI=1S/C8H16O2/c1-3-8(4-2)7(10-8)5-6-9/h7,9H,3-6H2,1-2H3. The maximum absolute atomic E-state index is 8.62. The molecule has 1 heterocycles. The Morgan fingerprint density at radius 1 is 1.40 bits per heavy atom. The first-order valence-electron chi connectivity index (χ1n) is 4.07. The summed E-state index contributed by atoms with van der Waals surface area (Å²) in [5.41, 5.74) is 0.142. The molecule has 0 radical (unpaired) electrons. The zero-order valence-corrected chi connectivity index (χ0v) is 6.76. The molecule has 0 aromatic heterocycles. The van der Waals surface area contributed by atoms with Gasteiger partial charge in [-0.3, -0.25) is 0 Å². The van der Waals surface area contributed by atoms with E-state index in [0.29, 0.717) is 6.10 Å². The number of rotatable bonds is 4. The lowest BCUT2D eigenvalue weighted by Crippen LogP contribution is -2.12. The molecule has 2 nitrogen and oxygen atoms in total. The third-order valence-corrected chi connectivity index (χ3v) is 2.49. The molecule has 0 spiro atoms. The Hall–Kier alpha value is -0.0800. The predicted octanol–water partition coefficient (Wildman–Crippen LogP) is 1.33. The lowest BCUT2D eigenvalue weighted by molar-refractivity contribution is 0.251. The molecule has 1 unspecified atom stereocenters. The average molecular weight is 144 g/mol. The average Bonchev–Trinajstić information content (AvgIpc) is 2.65. The third-order valence-electron chi connectivity index (χ3n) is 2.49. The van der Waals surface area contributed by atoms with Crippen molar-refractivity contribution in [2.24, 2.45) is 0 Å². The molecule has 0 aliphatic carbocycles. The molecule has 0 saturated carbocycles. The molecule has 1 saturated heterocycles. The first-order chi connectivity index (χ1) is 4.79. The van der Waals surface area contributed by atoms with Gasteiger partial charge in [-0.15, -0.1) is 0 Å². The van der Waals surface area contributed by atoms with Crippen LogP contribution in [0, 0.1) is 0 Å². The summed E-state index contributed by atoms with van der Waals surface area (Å²) in [5, 5.41) is 8.62. The molecule has 1 atom stereocenters. The number of ether oxygens (including phenoxy) is 1. The first kappa shape index (κ1) is 8.02. The fourth-order valence-electron chi connectivity index (χ4n) is 1.56. The zero-order chi connectivity index (χ0) is 7.61. The van der Waals surface area contributed by atoms with Gasteiger partial charge in [0.1, 0.15) is 0 Å². The third kappa shape index (κ3) is 1.18. The summed E-state index contributed by atoms with van der Waals surface area (Å²) in [5.74, 6) is 0. The van der Waals surface area contributed by atoms with Crippen LogP contribution in [0.4, 0.5) is 0 Å². The van der Waals surface area contributed by atoms with Crippen LogP contribution in [0.5, 0.6) is 0 Å². The van der Waals surface area contributed by atoms with Crippen molar-refractivity contribution in [2.75, 3.05) is 6.61 Å². The lowest BCUT2D eigenvalue weighted by atomic mass is 9.98. The molecular formula is C8H16O2. The van der Waals surface area contributed by atoms with Crippen molar-refractivity contribution in [1.82, 2.24) is 0 Å². The maximum atomic E-state index is 8.62. The highest BCUT2D eigenvalue weighted by Crippen LogP contribution is 2.44. The van der Waals surface area contributed by atoms with E-state index < -0.39 is 0 Å². The van der Waals surface area contributed by atoms with Gasteiger partial charge in [-0.25, -0.2) is 0 Å². The van der Waals surface area contributed by atoms with Crippen molar-refractivity contribution in [2.45, 2.75) is 44.8 Å². The number of aliphatic hydroxyl groups excluding tert-OH is 1. The number of hydrogen-bond acceptors (Lipinski definition) is 2. The van der Waals surface area contributed by atoms with Crippen molar-refractivity contribution in [1.29, 1.82) is 0 Å². The Morgan fingerprint density at radius 2 is 2.00 bits per heavy atom. The largest absolute Gasteiger partial charge is 0.396 e. The molecule has 1 N–H and O–H groups in total. The Kier molecular flexibility index (Phi) is 2.32. The van der Waals surface area contributed by atoms with Crippen LogP contribution in [-0.2, 0) is 4.74 Å². The van der Waals surface area contributed by atoms with Crippen LogP contribution in [0.1, 0.15) is 33.1 Å². The minimum absolute atomic E-state index is 0.142. The van der Waals surface area contributed by atoms with Gasteiger partial charge >= 0.3 is 0 Å². The molecule has 0 amide bonds. The van der Waals surface area contributed by atoms with Crippen LogP contribution in [0.2, 0.25) is 0 Å². The molecule has 1 aliphatic heterocycles. The van der Waals surface area contributed by atoms with E-state index in [-0.39, 0.29) is 12.2 Å². The lowest BCUT2D eigenvalue weighted by Gasteiger charge is -2.04. The van der Waals surface area contributed by atoms with Crippen LogP contribution in [0.25, 0.3) is 0 Å². The van der Waals surface area contributed by atoms with Crippen molar-refractivity contribution in [3.63, 3.8) is 0 Å². The van der Waals surface area contributed by atoms with E-state index in [1.54, 1.807) is 0 Å². The SMILES string of the molecule is CCC1(CC)OC1CCO. The second kappa shape index (κ2) is 2.89. The van der Waals surface area contributed by atoms with Crippen molar-refractivity contribution in [3.05, 3.63) is 0 Å². The van der Waals surface area contributed by atoms with E-state index >= 15 is 0 Å². The molecule has 1 rings (SSSR count). The van der Waals surface area contributed by atoms with E-state index in [1.165, 1.54) is 0 Å². The van der Waals surface area contributed by atoms with Gasteiger partial charge in [0.25, 0.3) is 0 Å². The van der Waals surface area contributed by atoms with E-state index in [1.807, 2.05) is 0 Å². The molecule has 1 fully saturated rings. The molecule has 0 aromatic rings. The summed E-state index contributed by atoms with van der Waals surface area (Å²) in [7, 11) is 0. The van der Waals surface area contributed by atoms with Gasteiger partial charge in [0.05, 0.1) is 11.7 Å². The first-order valence-corrected chi connectivity index (χ1v) is 4.07. The molecule has 0 bridgehead atoms. The topological polar surface area (TPSA) is 32.8 Å². The maximum Gasteiger partial charge on any atom is 0.0944 e. The Bertz CT molecular complexity index is 108. The van der Waals surface area contributed by atoms with Crippen molar-refractivity contribution in [3.8, 4) is 0 Å². The second-order valence-corrected chi connectivity index (χ2v) is 2.89. The van der Waals surface area contributed by atoms with E-state index in [2.05, 4.69) is 13.8 Å². The fraction of sp³-hybridized carbons (Fsp3) is 1.00. The summed E-state index contributed by atoms with van der Waals surface area (Å²) in [4.78, 5) is 0. The Balaban J connectivity index is 2.30. The highest BCUT2D eigenvalue weighted by Gasteiger charge is 2.52. The van der Waals surface area contributed by atoms with Crippen LogP contribution in [0.3, 0.4) is 0 Å². The Labute approximate surface area is 62.2 Å². The van der Waals surface area contributed by atoms with E-state index in [4.69, 9.17) is 9.84 Å². The van der Waals surface area contributed by atoms with Gasteiger partial charge in [0.2, 0.25) is 0 Å². The van der Waals surface area contributed by atoms with E-state index in [9.17, 15) is 0 Å². The van der Waals surface area contributed by atoms with Gasteiger partial charge < -0.3 is 9.84 Å². The van der Waals surface area contributed by atoms with Crippen LogP contribution < -0.4 is 0 Å². The Morgan fingerprint density at radius 3 is 2.30 bits per heavy atom. The summed E-state index contributed by atoms with van der Waals surface area (Å²) >= 11 is 0. The minimum atomic E-state index is 0.142. The summed E-state index contributed by atoms with van der Waals surface area (Å²) in [6.07, 6.45) is 3.30. The van der Waals surface area contributed by atoms with Gasteiger partial charge in [-0.2, -0.15) is 0 Å². The predicted molar refractivity (Wildman–Crippen MR) is 39.9 cm³/mol. The van der Waals surface area contributed by atoms with Crippen molar-refractivity contribution >= 4 is 0 Å². The van der Waals surface area contributed by atoms with Gasteiger partial charge in [-0.1, -0.05) is 13.8 Å². The van der Waals surface area contributed by atoms with Crippen LogP contribution in [0.15, 0.2) is 0 Å². The van der Waals surface area contributed by atoms with Crippen molar-refractivity contribution < 1.29 is 9.84 Å². The number of epoxide rings is 1. The second-order valence-electron chi connectivity index (χ2n) is 2.89. The summed E-state index contributed by atoms with van der Waals surface area (Å²) in [6.45, 7) is 4.54. The number of aliphatic hydroxyl groups is 1. The van der Waals surface area contributed by atoms with E-state index in [0.717, 1.165) is 19.3 Å². The number of hydrogen-bond donors (Lipinski definition) is 1. The molecule has 0 aromatic carbocycles. The molecule has 1 aliphatic rings. The van der Waals surface area contributed by atoms with Gasteiger partial charge in [0.15, 0.2) is 0 Å². The molecule has 60 valence electrons. The minimum Gasteiger partial charge on any atom is -0.396 e. The molecule has 10 heavy (non-hydrogen) atoms. The monoisotopic (exact) mass is 144 g/mol.